The van der Waals surface area contributed by atoms with Gasteiger partial charge in [-0.2, -0.15) is 0 Å². The van der Waals surface area contributed by atoms with Crippen LogP contribution in [0.15, 0.2) is 36.5 Å². The van der Waals surface area contributed by atoms with Gasteiger partial charge in [0.15, 0.2) is 0 Å². The summed E-state index contributed by atoms with van der Waals surface area (Å²) >= 11 is 0. The van der Waals surface area contributed by atoms with Crippen molar-refractivity contribution < 1.29 is 4.74 Å². The molecule has 1 fully saturated rings. The molecule has 1 atom stereocenters. The van der Waals surface area contributed by atoms with Gasteiger partial charge in [-0.1, -0.05) is 12.1 Å². The minimum Gasteiger partial charge on any atom is -0.381 e. The van der Waals surface area contributed by atoms with Crippen LogP contribution in [0.25, 0.3) is 10.9 Å². The number of hydrogen-bond donors (Lipinski definition) is 1. The fourth-order valence-electron chi connectivity index (χ4n) is 3.01. The van der Waals surface area contributed by atoms with Crippen molar-refractivity contribution in [3.05, 3.63) is 42.1 Å². The molecule has 1 aromatic heterocycles. The Labute approximate surface area is 114 Å². The summed E-state index contributed by atoms with van der Waals surface area (Å²) in [5.41, 5.74) is 2.42. The number of nitrogens with zero attached hydrogens (tertiary/aromatic N) is 1. The predicted molar refractivity (Wildman–Crippen MR) is 77.1 cm³/mol. The fraction of sp³-hybridized carbons (Fsp3) is 0.438. The number of nitrogens with one attached hydrogen (secondary N) is 1. The summed E-state index contributed by atoms with van der Waals surface area (Å²) in [5, 5.41) is 4.69. The van der Waals surface area contributed by atoms with Gasteiger partial charge in [0, 0.05) is 30.8 Å². The zero-order chi connectivity index (χ0) is 13.1. The van der Waals surface area contributed by atoms with Crippen LogP contribution in [-0.2, 0) is 4.74 Å². The molecule has 1 unspecified atom stereocenters. The van der Waals surface area contributed by atoms with Crippen molar-refractivity contribution in [2.75, 3.05) is 20.3 Å². The maximum absolute atomic E-state index is 5.46. The molecule has 19 heavy (non-hydrogen) atoms. The van der Waals surface area contributed by atoms with E-state index < -0.39 is 0 Å². The maximum atomic E-state index is 5.46. The number of hydrogen-bond acceptors (Lipinski definition) is 3. The van der Waals surface area contributed by atoms with Gasteiger partial charge in [-0.3, -0.25) is 4.98 Å². The fourth-order valence-corrected chi connectivity index (χ4v) is 3.01. The van der Waals surface area contributed by atoms with Crippen molar-refractivity contribution in [3.8, 4) is 0 Å². The van der Waals surface area contributed by atoms with E-state index in [1.807, 2.05) is 19.3 Å². The Balaban J connectivity index is 1.91. The monoisotopic (exact) mass is 256 g/mol. The molecule has 1 aliphatic rings. The average Bonchev–Trinajstić information content (AvgIpc) is 2.49. The Hall–Kier alpha value is -1.45. The maximum Gasteiger partial charge on any atom is 0.0702 e. The first-order valence-corrected chi connectivity index (χ1v) is 6.98. The molecule has 1 aliphatic heterocycles. The van der Waals surface area contributed by atoms with Gasteiger partial charge in [0.05, 0.1) is 5.52 Å². The van der Waals surface area contributed by atoms with Crippen LogP contribution in [0.3, 0.4) is 0 Å². The van der Waals surface area contributed by atoms with E-state index in [4.69, 9.17) is 4.74 Å². The van der Waals surface area contributed by atoms with Gasteiger partial charge in [-0.25, -0.2) is 0 Å². The lowest BCUT2D eigenvalue weighted by molar-refractivity contribution is 0.0546. The van der Waals surface area contributed by atoms with Crippen LogP contribution in [0.4, 0.5) is 0 Å². The zero-order valence-corrected chi connectivity index (χ0v) is 11.3. The molecule has 3 rings (SSSR count). The van der Waals surface area contributed by atoms with Crippen molar-refractivity contribution in [3.63, 3.8) is 0 Å². The normalized spacial score (nSPS) is 18.6. The van der Waals surface area contributed by atoms with Crippen LogP contribution in [0.5, 0.6) is 0 Å². The summed E-state index contributed by atoms with van der Waals surface area (Å²) < 4.78 is 5.46. The molecule has 0 bridgehead atoms. The first kappa shape index (κ1) is 12.6. The third kappa shape index (κ3) is 2.62. The molecule has 0 spiro atoms. The van der Waals surface area contributed by atoms with Crippen LogP contribution >= 0.6 is 0 Å². The molecule has 3 nitrogen and oxygen atoms in total. The van der Waals surface area contributed by atoms with Gasteiger partial charge in [-0.05, 0) is 49.6 Å². The van der Waals surface area contributed by atoms with Crippen molar-refractivity contribution in [1.82, 2.24) is 10.3 Å². The number of pyridine rings is 1. The highest BCUT2D eigenvalue weighted by atomic mass is 16.5. The van der Waals surface area contributed by atoms with Crippen LogP contribution in [0.2, 0.25) is 0 Å². The molecule has 2 heterocycles. The molecule has 0 radical (unpaired) electrons. The second-order valence-corrected chi connectivity index (χ2v) is 5.17. The summed E-state index contributed by atoms with van der Waals surface area (Å²) in [6.45, 7) is 1.77. The average molecular weight is 256 g/mol. The standard InChI is InChI=1S/C16H20N2O/c1-17-16(12-6-9-19-10-7-12)14-4-5-15-13(11-14)3-2-8-18-15/h2-5,8,11-12,16-17H,6-7,9-10H2,1H3. The molecule has 1 N–H and O–H groups in total. The highest BCUT2D eigenvalue weighted by Crippen LogP contribution is 2.31. The number of rotatable bonds is 3. The van der Waals surface area contributed by atoms with E-state index in [0.29, 0.717) is 12.0 Å². The van der Waals surface area contributed by atoms with Gasteiger partial charge in [0.2, 0.25) is 0 Å². The van der Waals surface area contributed by atoms with Crippen molar-refractivity contribution in [2.24, 2.45) is 5.92 Å². The Kier molecular flexibility index (Phi) is 3.76. The first-order chi connectivity index (χ1) is 9.38. The second kappa shape index (κ2) is 5.68. The summed E-state index contributed by atoms with van der Waals surface area (Å²) in [4.78, 5) is 4.38. The van der Waals surface area contributed by atoms with Gasteiger partial charge < -0.3 is 10.1 Å². The Bertz CT molecular complexity index is 549. The molecular weight excluding hydrogens is 236 g/mol. The minimum atomic E-state index is 0.411. The van der Waals surface area contributed by atoms with Gasteiger partial charge in [-0.15, -0.1) is 0 Å². The Morgan fingerprint density at radius 3 is 2.89 bits per heavy atom. The van der Waals surface area contributed by atoms with Crippen LogP contribution in [0, 0.1) is 5.92 Å². The smallest absolute Gasteiger partial charge is 0.0702 e. The van der Waals surface area contributed by atoms with Crippen LogP contribution in [-0.4, -0.2) is 25.2 Å². The van der Waals surface area contributed by atoms with E-state index in [1.54, 1.807) is 0 Å². The topological polar surface area (TPSA) is 34.2 Å². The Morgan fingerprint density at radius 2 is 2.11 bits per heavy atom. The molecule has 0 aliphatic carbocycles. The van der Waals surface area contributed by atoms with Crippen LogP contribution < -0.4 is 5.32 Å². The van der Waals surface area contributed by atoms with Crippen molar-refractivity contribution in [1.29, 1.82) is 0 Å². The first-order valence-electron chi connectivity index (χ1n) is 6.98. The van der Waals surface area contributed by atoms with Crippen LogP contribution in [0.1, 0.15) is 24.4 Å². The number of benzene rings is 1. The lowest BCUT2D eigenvalue weighted by atomic mass is 9.87. The van der Waals surface area contributed by atoms with Crippen molar-refractivity contribution >= 4 is 10.9 Å². The van der Waals surface area contributed by atoms with E-state index in [1.165, 1.54) is 10.9 Å². The lowest BCUT2D eigenvalue weighted by Crippen LogP contribution is -2.29. The summed E-state index contributed by atoms with van der Waals surface area (Å²) in [6.07, 6.45) is 4.11. The molecular formula is C16H20N2O. The molecule has 1 aromatic carbocycles. The van der Waals surface area contributed by atoms with Gasteiger partial charge in [0.1, 0.15) is 0 Å². The molecule has 100 valence electrons. The number of fused-ring (bicyclic) bond motifs is 1. The van der Waals surface area contributed by atoms with Gasteiger partial charge in [0.25, 0.3) is 0 Å². The van der Waals surface area contributed by atoms with Gasteiger partial charge >= 0.3 is 0 Å². The predicted octanol–water partition coefficient (Wildman–Crippen LogP) is 2.92. The van der Waals surface area contributed by atoms with E-state index in [0.717, 1.165) is 31.6 Å². The molecule has 0 saturated carbocycles. The molecule has 1 saturated heterocycles. The number of aromatic nitrogens is 1. The number of ether oxygens (including phenoxy) is 1. The van der Waals surface area contributed by atoms with E-state index in [9.17, 15) is 0 Å². The SMILES string of the molecule is CNC(c1ccc2ncccc2c1)C1CCOCC1. The quantitative estimate of drug-likeness (QED) is 0.917. The minimum absolute atomic E-state index is 0.411. The highest BCUT2D eigenvalue weighted by Gasteiger charge is 2.24. The summed E-state index contributed by atoms with van der Waals surface area (Å²) in [7, 11) is 2.05. The van der Waals surface area contributed by atoms with Crippen molar-refractivity contribution in [2.45, 2.75) is 18.9 Å². The highest BCUT2D eigenvalue weighted by molar-refractivity contribution is 5.79. The second-order valence-electron chi connectivity index (χ2n) is 5.17. The molecule has 0 amide bonds. The molecule has 2 aromatic rings. The third-order valence-electron chi connectivity index (χ3n) is 4.03. The van der Waals surface area contributed by atoms with E-state index in [-0.39, 0.29) is 0 Å². The summed E-state index contributed by atoms with van der Waals surface area (Å²) in [6, 6.07) is 11.1. The zero-order valence-electron chi connectivity index (χ0n) is 11.3. The largest absolute Gasteiger partial charge is 0.381 e. The summed E-state index contributed by atoms with van der Waals surface area (Å²) in [5.74, 6) is 0.660. The Morgan fingerprint density at radius 1 is 1.26 bits per heavy atom. The molecule has 3 heteroatoms. The third-order valence-corrected chi connectivity index (χ3v) is 4.03. The lowest BCUT2D eigenvalue weighted by Gasteiger charge is -2.30. The van der Waals surface area contributed by atoms with E-state index >= 15 is 0 Å². The van der Waals surface area contributed by atoms with E-state index in [2.05, 4.69) is 34.6 Å².